The Morgan fingerprint density at radius 3 is 2.78 bits per heavy atom. The molecule has 0 radical (unpaired) electrons. The highest BCUT2D eigenvalue weighted by Gasteiger charge is 2.35. The Labute approximate surface area is 301 Å². The van der Waals surface area contributed by atoms with Crippen molar-refractivity contribution in [3.05, 3.63) is 101 Å². The number of fused-ring (bicyclic) bond motifs is 10. The number of pyridine rings is 1. The Morgan fingerprint density at radius 2 is 1.94 bits per heavy atom. The quantitative estimate of drug-likeness (QED) is 0.180. The van der Waals surface area contributed by atoms with Crippen molar-refractivity contribution in [3.63, 3.8) is 0 Å². The van der Waals surface area contributed by atoms with Crippen LogP contribution in [-0.4, -0.2) is 52.3 Å². The first-order chi connectivity index (χ1) is 24.5. The van der Waals surface area contributed by atoms with Crippen LogP contribution >= 0.6 is 11.8 Å². The topological polar surface area (TPSA) is 116 Å². The number of aromatic amines is 1. The van der Waals surface area contributed by atoms with Gasteiger partial charge in [-0.1, -0.05) is 67.9 Å². The highest BCUT2D eigenvalue weighted by Crippen LogP contribution is 2.40. The van der Waals surface area contributed by atoms with E-state index in [1.54, 1.807) is 16.9 Å². The molecule has 0 saturated heterocycles. The summed E-state index contributed by atoms with van der Waals surface area (Å²) < 4.78 is 24.7. The van der Waals surface area contributed by atoms with Gasteiger partial charge in [0.15, 0.2) is 11.6 Å². The Morgan fingerprint density at radius 1 is 1.10 bits per heavy atom. The number of esters is 1. The number of ether oxygens (including phenoxy) is 1. The second-order valence-electron chi connectivity index (χ2n) is 14.2. The molecule has 10 nitrogen and oxygen atoms in total. The first-order valence-electron chi connectivity index (χ1n) is 17.5. The molecule has 12 heteroatoms. The molecule has 6 aromatic rings. The predicted octanol–water partition coefficient (Wildman–Crippen LogP) is 7.94. The standard InChI is InChI=1S/C39H43FN8O2S/c1-6-50-34(49)13-12-25-10-9-11-26(20-25)39(4)17-8-7-16-38(2,3)33-24-48(46-44-33)23-29-28-15-19-41-31(28)22-30(40)35(29)51-27-14-18-42-32(21-27)36-43-37(39)45-47(36)5/h9-11,14-15,18-22,24,41H,6-8,12-13,16-17,23H2,1-5H3/t39-/m1/s1. The number of nitrogens with zero attached hydrogens (tertiary/aromatic N) is 7. The number of halogens is 1. The highest BCUT2D eigenvalue weighted by atomic mass is 32.2. The van der Waals surface area contributed by atoms with Gasteiger partial charge in [-0.3, -0.25) is 9.78 Å². The van der Waals surface area contributed by atoms with Gasteiger partial charge in [0, 0.05) is 53.3 Å². The number of carbonyl (C=O) groups is 1. The maximum absolute atomic E-state index is 15.9. The van der Waals surface area contributed by atoms with E-state index >= 15 is 4.39 Å². The molecule has 1 aliphatic heterocycles. The van der Waals surface area contributed by atoms with Crippen LogP contribution in [-0.2, 0) is 40.4 Å². The van der Waals surface area contributed by atoms with Crippen LogP contribution in [0.5, 0.6) is 0 Å². The van der Waals surface area contributed by atoms with Gasteiger partial charge in [-0.05, 0) is 74.1 Å². The molecule has 1 atom stereocenters. The zero-order valence-corrected chi connectivity index (χ0v) is 30.6. The number of benzene rings is 2. The van der Waals surface area contributed by atoms with Gasteiger partial charge in [-0.2, -0.15) is 5.10 Å². The van der Waals surface area contributed by atoms with Crippen LogP contribution < -0.4 is 0 Å². The minimum atomic E-state index is -0.525. The minimum absolute atomic E-state index is 0.198. The van der Waals surface area contributed by atoms with Crippen molar-refractivity contribution in [1.82, 2.24) is 39.7 Å². The molecule has 4 aromatic heterocycles. The van der Waals surface area contributed by atoms with Gasteiger partial charge in [0.05, 0.1) is 29.2 Å². The largest absolute Gasteiger partial charge is 0.466 e. The maximum atomic E-state index is 15.9. The van der Waals surface area contributed by atoms with E-state index in [9.17, 15) is 4.79 Å². The van der Waals surface area contributed by atoms with E-state index in [0.29, 0.717) is 48.2 Å². The maximum Gasteiger partial charge on any atom is 0.306 e. The number of hydrogen-bond acceptors (Lipinski definition) is 8. The SMILES string of the molecule is CCOC(=O)CCc1cccc([C@@]2(C)CCCCC(C)(C)c3cn(nn3)Cc3c(c(F)cc4[nH]ccc34)Sc3ccnc(c3)-c3nc2nn3C)c1. The van der Waals surface area contributed by atoms with Crippen LogP contribution in [0.3, 0.4) is 0 Å². The Kier molecular flexibility index (Phi) is 9.54. The normalized spacial score (nSPS) is 17.7. The van der Waals surface area contributed by atoms with Crippen LogP contribution in [0.1, 0.15) is 88.0 Å². The molecule has 1 N–H and O–H groups in total. The minimum Gasteiger partial charge on any atom is -0.466 e. The van der Waals surface area contributed by atoms with Gasteiger partial charge < -0.3 is 9.72 Å². The third-order valence-corrected chi connectivity index (χ3v) is 11.2. The Balaban J connectivity index is 1.32. The summed E-state index contributed by atoms with van der Waals surface area (Å²) in [6.07, 6.45) is 10.1. The number of nitrogens with one attached hydrogen (secondary N) is 1. The van der Waals surface area contributed by atoms with Crippen LogP contribution in [0, 0.1) is 5.82 Å². The first-order valence-corrected chi connectivity index (χ1v) is 18.4. The van der Waals surface area contributed by atoms with Crippen molar-refractivity contribution in [2.45, 2.75) is 93.4 Å². The van der Waals surface area contributed by atoms with Gasteiger partial charge in [0.2, 0.25) is 0 Å². The summed E-state index contributed by atoms with van der Waals surface area (Å²) in [4.78, 5) is 26.5. The van der Waals surface area contributed by atoms with Crippen LogP contribution in [0.15, 0.2) is 76.9 Å². The van der Waals surface area contributed by atoms with Crippen molar-refractivity contribution in [2.75, 3.05) is 6.61 Å². The molecular weight excluding hydrogens is 664 g/mol. The molecule has 0 aliphatic carbocycles. The lowest BCUT2D eigenvalue weighted by atomic mass is 9.75. The monoisotopic (exact) mass is 706 g/mol. The van der Waals surface area contributed by atoms with Crippen LogP contribution in [0.2, 0.25) is 0 Å². The van der Waals surface area contributed by atoms with E-state index in [1.807, 2.05) is 55.3 Å². The van der Waals surface area contributed by atoms with E-state index in [0.717, 1.165) is 63.9 Å². The van der Waals surface area contributed by atoms with Gasteiger partial charge in [0.1, 0.15) is 11.5 Å². The molecule has 51 heavy (non-hydrogen) atoms. The lowest BCUT2D eigenvalue weighted by molar-refractivity contribution is -0.143. The predicted molar refractivity (Wildman–Crippen MR) is 195 cm³/mol. The Hall–Kier alpha value is -4.84. The second kappa shape index (κ2) is 14.1. The summed E-state index contributed by atoms with van der Waals surface area (Å²) >= 11 is 1.36. The zero-order chi connectivity index (χ0) is 35.8. The molecular formula is C39H43FN8O2S. The van der Waals surface area contributed by atoms with E-state index in [2.05, 4.69) is 54.3 Å². The highest BCUT2D eigenvalue weighted by molar-refractivity contribution is 7.99. The second-order valence-corrected chi connectivity index (χ2v) is 15.3. The molecule has 0 fully saturated rings. The Bertz CT molecular complexity index is 2200. The molecule has 0 amide bonds. The number of aromatic nitrogens is 8. The molecule has 1 aliphatic rings. The van der Waals surface area contributed by atoms with Gasteiger partial charge >= 0.3 is 5.97 Å². The van der Waals surface area contributed by atoms with E-state index in [-0.39, 0.29) is 17.2 Å². The number of carbonyl (C=O) groups excluding carboxylic acids is 1. The third kappa shape index (κ3) is 7.06. The molecule has 0 saturated carbocycles. The molecule has 0 spiro atoms. The average molecular weight is 707 g/mol. The fraction of sp³-hybridized carbons (Fsp3) is 0.385. The summed E-state index contributed by atoms with van der Waals surface area (Å²) in [5.41, 5.74) is 4.53. The number of hydrogen-bond donors (Lipinski definition) is 1. The number of aryl methyl sites for hydroxylation is 2. The van der Waals surface area contributed by atoms with Crippen molar-refractivity contribution in [2.24, 2.45) is 7.05 Å². The van der Waals surface area contributed by atoms with Crippen molar-refractivity contribution in [3.8, 4) is 11.5 Å². The zero-order valence-electron chi connectivity index (χ0n) is 29.7. The average Bonchev–Trinajstić information content (AvgIpc) is 3.88. The molecule has 5 heterocycles. The smallest absolute Gasteiger partial charge is 0.306 e. The van der Waals surface area contributed by atoms with Crippen molar-refractivity contribution in [1.29, 1.82) is 0 Å². The first kappa shape index (κ1) is 34.6. The summed E-state index contributed by atoms with van der Waals surface area (Å²) in [5.74, 6) is 0.828. The van der Waals surface area contributed by atoms with Gasteiger partial charge in [-0.15, -0.1) is 5.10 Å². The molecule has 2 aromatic carbocycles. The lowest BCUT2D eigenvalue weighted by Crippen LogP contribution is -2.26. The van der Waals surface area contributed by atoms with Crippen LogP contribution in [0.25, 0.3) is 22.4 Å². The van der Waals surface area contributed by atoms with Gasteiger partial charge in [-0.25, -0.2) is 18.7 Å². The third-order valence-electron chi connectivity index (χ3n) is 10.1. The van der Waals surface area contributed by atoms with Crippen LogP contribution in [0.4, 0.5) is 4.39 Å². The fourth-order valence-corrected chi connectivity index (χ4v) is 7.99. The molecule has 6 bridgehead atoms. The number of rotatable bonds is 5. The van der Waals surface area contributed by atoms with Crippen molar-refractivity contribution < 1.29 is 13.9 Å². The summed E-state index contributed by atoms with van der Waals surface area (Å²) in [6.45, 7) is 9.18. The molecule has 264 valence electrons. The molecule has 7 rings (SSSR count). The van der Waals surface area contributed by atoms with Crippen molar-refractivity contribution >= 4 is 28.6 Å². The summed E-state index contributed by atoms with van der Waals surface area (Å²) in [7, 11) is 1.89. The van der Waals surface area contributed by atoms with E-state index in [1.165, 1.54) is 11.8 Å². The molecule has 0 unspecified atom stereocenters. The van der Waals surface area contributed by atoms with Gasteiger partial charge in [0.25, 0.3) is 0 Å². The van der Waals surface area contributed by atoms with E-state index < -0.39 is 5.41 Å². The fourth-order valence-electron chi connectivity index (χ4n) is 7.00. The summed E-state index contributed by atoms with van der Waals surface area (Å²) in [6, 6.07) is 15.8. The lowest BCUT2D eigenvalue weighted by Gasteiger charge is -2.29. The van der Waals surface area contributed by atoms with E-state index in [4.69, 9.17) is 19.8 Å². The summed E-state index contributed by atoms with van der Waals surface area (Å²) in [5, 5.41) is 15.1. The number of H-pyrrole nitrogens is 1.